The predicted molar refractivity (Wildman–Crippen MR) is 201 cm³/mol. The monoisotopic (exact) mass is 630 g/mol. The summed E-state index contributed by atoms with van der Waals surface area (Å²) >= 11 is 0. The van der Waals surface area contributed by atoms with E-state index in [4.69, 9.17) is 9.97 Å². The lowest BCUT2D eigenvalue weighted by Crippen LogP contribution is -2.00. The van der Waals surface area contributed by atoms with Crippen LogP contribution in [0.2, 0.25) is 0 Å². The van der Waals surface area contributed by atoms with E-state index in [1.807, 2.05) is 0 Å². The number of fused-ring (bicyclic) bond motifs is 10. The molecule has 5 heterocycles. The van der Waals surface area contributed by atoms with Gasteiger partial charge in [-0.25, -0.2) is 4.98 Å². The first-order valence-electron chi connectivity index (χ1n) is 17.0. The van der Waals surface area contributed by atoms with Crippen LogP contribution in [0.5, 0.6) is 0 Å². The van der Waals surface area contributed by atoms with Crippen molar-refractivity contribution in [3.8, 4) is 11.1 Å². The Kier molecular flexibility index (Phi) is 6.97. The molecule has 2 aliphatic rings. The largest absolute Gasteiger partial charge is 0.392 e. The number of rotatable bonds is 2. The Bertz CT molecular complexity index is 2540. The highest BCUT2D eigenvalue weighted by atomic mass is 16.3. The van der Waals surface area contributed by atoms with E-state index in [-0.39, 0.29) is 18.4 Å². The third kappa shape index (κ3) is 4.56. The van der Waals surface area contributed by atoms with Crippen LogP contribution in [0, 0.1) is 27.7 Å². The average molecular weight is 631 g/mol. The molecule has 5 nitrogen and oxygen atoms in total. The Hall–Kier alpha value is -5.00. The summed E-state index contributed by atoms with van der Waals surface area (Å²) in [4.78, 5) is 18.2. The number of hydrogen-bond acceptors (Lipinski definition) is 3. The van der Waals surface area contributed by atoms with Crippen LogP contribution < -0.4 is 0 Å². The fraction of sp³-hybridized carbons (Fsp3) is 0.256. The molecule has 2 atom stereocenters. The minimum absolute atomic E-state index is 0.0713. The predicted octanol–water partition coefficient (Wildman–Crippen LogP) is 10.9. The van der Waals surface area contributed by atoms with Gasteiger partial charge in [-0.3, -0.25) is 4.98 Å². The molecule has 0 saturated carbocycles. The van der Waals surface area contributed by atoms with E-state index in [1.165, 1.54) is 44.2 Å². The quantitative estimate of drug-likeness (QED) is 0.167. The van der Waals surface area contributed by atoms with Crippen molar-refractivity contribution in [2.24, 2.45) is 0 Å². The van der Waals surface area contributed by atoms with E-state index < -0.39 is 0 Å². The number of H-pyrrole nitrogens is 2. The molecule has 3 aromatic carbocycles. The number of benzene rings is 3. The molecular weight excluding hydrogens is 589 g/mol. The number of aliphatic hydroxyl groups is 1. The van der Waals surface area contributed by atoms with Crippen LogP contribution in [0.1, 0.15) is 90.1 Å². The van der Waals surface area contributed by atoms with Crippen molar-refractivity contribution in [2.45, 2.75) is 73.8 Å². The molecule has 0 saturated heterocycles. The summed E-state index contributed by atoms with van der Waals surface area (Å²) in [6.45, 7) is 17.6. The van der Waals surface area contributed by atoms with E-state index in [0.29, 0.717) is 0 Å². The average Bonchev–Trinajstić information content (AvgIpc) is 3.71. The number of nitrogens with one attached hydrogen (secondary N) is 2. The molecule has 2 aliphatic heterocycles. The van der Waals surface area contributed by atoms with Gasteiger partial charge in [-0.15, -0.1) is 0 Å². The van der Waals surface area contributed by atoms with Gasteiger partial charge in [0.05, 0.1) is 29.2 Å². The fourth-order valence-corrected chi connectivity index (χ4v) is 7.60. The van der Waals surface area contributed by atoms with Gasteiger partial charge >= 0.3 is 0 Å². The van der Waals surface area contributed by atoms with Gasteiger partial charge in [0.15, 0.2) is 0 Å². The summed E-state index contributed by atoms with van der Waals surface area (Å²) in [5.74, 6) is 0.358. The number of aromatic nitrogens is 4. The molecule has 0 spiro atoms. The summed E-state index contributed by atoms with van der Waals surface area (Å²) in [5, 5.41) is 15.6. The van der Waals surface area contributed by atoms with Crippen molar-refractivity contribution in [2.75, 3.05) is 0 Å². The lowest BCUT2D eigenvalue weighted by molar-refractivity contribution is 0.282. The van der Waals surface area contributed by atoms with Crippen molar-refractivity contribution in [3.63, 3.8) is 0 Å². The number of allylic oxidation sites excluding steroid dienone is 2. The second-order valence-corrected chi connectivity index (χ2v) is 14.0. The molecule has 2 unspecified atom stereocenters. The van der Waals surface area contributed by atoms with E-state index in [0.717, 1.165) is 72.3 Å². The second-order valence-electron chi connectivity index (χ2n) is 14.0. The van der Waals surface area contributed by atoms with Crippen LogP contribution in [-0.4, -0.2) is 25.0 Å². The highest BCUT2D eigenvalue weighted by molar-refractivity contribution is 6.02. The maximum Gasteiger partial charge on any atom is 0.0690 e. The standard InChI is InChI=1S/C43H42N4O/c1-21-23(3)37-18-39-25(5)27(7)42(46-39)41(34-16-32-14-30-12-10-9-11-29(30)13-31(32)15-33(34)20-48)43-28(8)26(6)40(47-43)19-38-24(4)22(2)36(45-38)17-35(21)44-37/h9-19,25,27,44,47-48H,20H2,1-8H3. The Morgan fingerprint density at radius 1 is 0.604 bits per heavy atom. The Labute approximate surface area is 281 Å². The first kappa shape index (κ1) is 30.3. The Morgan fingerprint density at radius 2 is 1.17 bits per heavy atom. The summed E-state index contributed by atoms with van der Waals surface area (Å²) in [7, 11) is 0. The molecule has 8 bridgehead atoms. The van der Waals surface area contributed by atoms with E-state index in [1.54, 1.807) is 0 Å². The zero-order valence-corrected chi connectivity index (χ0v) is 29.1. The molecule has 0 aliphatic carbocycles. The van der Waals surface area contributed by atoms with Crippen molar-refractivity contribution >= 4 is 54.8 Å². The zero-order chi connectivity index (χ0) is 33.6. The number of aromatic amines is 2. The smallest absolute Gasteiger partial charge is 0.0690 e. The van der Waals surface area contributed by atoms with Crippen LogP contribution in [0.3, 0.4) is 0 Å². The van der Waals surface area contributed by atoms with E-state index >= 15 is 0 Å². The van der Waals surface area contributed by atoms with Crippen LogP contribution in [-0.2, 0) is 6.61 Å². The minimum Gasteiger partial charge on any atom is -0.392 e. The number of hydrogen-bond donors (Lipinski definition) is 3. The number of aryl methyl sites for hydroxylation is 4. The van der Waals surface area contributed by atoms with Gasteiger partial charge < -0.3 is 15.1 Å². The molecule has 0 amide bonds. The molecule has 48 heavy (non-hydrogen) atoms. The van der Waals surface area contributed by atoms with E-state index in [9.17, 15) is 5.11 Å². The maximum atomic E-state index is 10.9. The molecule has 3 aromatic heterocycles. The summed E-state index contributed by atoms with van der Waals surface area (Å²) in [6.07, 6.45) is 0. The first-order chi connectivity index (χ1) is 23.0. The van der Waals surface area contributed by atoms with E-state index in [2.05, 4.69) is 132 Å². The summed E-state index contributed by atoms with van der Waals surface area (Å²) < 4.78 is 0. The number of aliphatic hydroxyl groups excluding tert-OH is 1. The molecule has 8 rings (SSSR count). The van der Waals surface area contributed by atoms with Gasteiger partial charge in [0.2, 0.25) is 0 Å². The Morgan fingerprint density at radius 3 is 1.79 bits per heavy atom. The van der Waals surface area contributed by atoms with Gasteiger partial charge in [0.25, 0.3) is 0 Å². The fourth-order valence-electron chi connectivity index (χ4n) is 7.60. The van der Waals surface area contributed by atoms with Gasteiger partial charge in [0.1, 0.15) is 0 Å². The normalized spacial score (nSPS) is 16.4. The molecular formula is C43H42N4O. The van der Waals surface area contributed by atoms with Crippen LogP contribution in [0.25, 0.3) is 65.9 Å². The van der Waals surface area contributed by atoms with Crippen LogP contribution in [0.4, 0.5) is 0 Å². The third-order valence-electron chi connectivity index (χ3n) is 11.4. The number of nitrogens with zero attached hydrogens (tertiary/aromatic N) is 2. The highest BCUT2D eigenvalue weighted by Gasteiger charge is 2.30. The first-order valence-corrected chi connectivity index (χ1v) is 17.0. The molecule has 240 valence electrons. The molecule has 6 aromatic rings. The summed E-state index contributed by atoms with van der Waals surface area (Å²) in [6, 6.07) is 24.0. The SMILES string of the molecule is CC1=C(C)c2cc3[nH]c(c(C)c3C)c(-c3cc4cc5ccccc5cc4cc3CO)c3nc(cc4[nH]c(cc1n2)c(C)c4C)C(C)C3C. The molecule has 0 fully saturated rings. The minimum atomic E-state index is -0.0713. The van der Waals surface area contributed by atoms with Gasteiger partial charge in [0, 0.05) is 39.6 Å². The zero-order valence-electron chi connectivity index (χ0n) is 29.1. The van der Waals surface area contributed by atoms with Crippen LogP contribution in [0.15, 0.2) is 66.7 Å². The third-order valence-corrected chi connectivity index (χ3v) is 11.4. The Balaban J connectivity index is 1.57. The van der Waals surface area contributed by atoms with Gasteiger partial charge in [-0.05, 0) is 150 Å². The van der Waals surface area contributed by atoms with Crippen molar-refractivity contribution in [1.82, 2.24) is 19.9 Å². The lowest BCUT2D eigenvalue weighted by Gasteiger charge is -2.17. The van der Waals surface area contributed by atoms with Crippen molar-refractivity contribution in [3.05, 3.63) is 117 Å². The topological polar surface area (TPSA) is 77.6 Å². The highest BCUT2D eigenvalue weighted by Crippen LogP contribution is 2.45. The molecule has 3 N–H and O–H groups in total. The molecule has 5 heteroatoms. The van der Waals surface area contributed by atoms with Crippen molar-refractivity contribution < 1.29 is 5.11 Å². The van der Waals surface area contributed by atoms with Crippen molar-refractivity contribution in [1.29, 1.82) is 0 Å². The van der Waals surface area contributed by atoms with Crippen LogP contribution >= 0.6 is 0 Å². The second kappa shape index (κ2) is 11.0. The summed E-state index contributed by atoms with van der Waals surface area (Å²) in [5.41, 5.74) is 18.5. The molecule has 0 radical (unpaired) electrons. The van der Waals surface area contributed by atoms with Gasteiger partial charge in [-0.2, -0.15) is 0 Å². The van der Waals surface area contributed by atoms with Gasteiger partial charge in [-0.1, -0.05) is 38.1 Å². The maximum absolute atomic E-state index is 10.9. The lowest BCUT2D eigenvalue weighted by atomic mass is 9.86.